The summed E-state index contributed by atoms with van der Waals surface area (Å²) in [5, 5.41) is 5.31. The Kier molecular flexibility index (Phi) is 7.48. The summed E-state index contributed by atoms with van der Waals surface area (Å²) in [6.07, 6.45) is -3.56. The van der Waals surface area contributed by atoms with Crippen molar-refractivity contribution < 1.29 is 32.6 Å². The molecule has 0 unspecified atom stereocenters. The first-order valence-electron chi connectivity index (χ1n) is 9.05. The molecule has 1 aliphatic heterocycles. The molecule has 0 bridgehead atoms. The minimum absolute atomic E-state index is 0.00628. The normalized spacial score (nSPS) is 16.6. The summed E-state index contributed by atoms with van der Waals surface area (Å²) >= 11 is 6.02. The number of nitrogens with one attached hydrogen (secondary N) is 4. The number of nitrogens with zero attached hydrogens (tertiary/aromatic N) is 1. The predicted molar refractivity (Wildman–Crippen MR) is 97.1 cm³/mol. The van der Waals surface area contributed by atoms with Crippen molar-refractivity contribution in [2.75, 3.05) is 44.2 Å². The van der Waals surface area contributed by atoms with E-state index in [0.29, 0.717) is 38.5 Å². The number of halogens is 4. The van der Waals surface area contributed by atoms with E-state index in [9.17, 15) is 22.8 Å². The fourth-order valence-corrected chi connectivity index (χ4v) is 3.30. The highest BCUT2D eigenvalue weighted by atomic mass is 35.5. The van der Waals surface area contributed by atoms with Crippen LogP contribution in [0.15, 0.2) is 12.3 Å². The highest BCUT2D eigenvalue weighted by Crippen LogP contribution is 2.31. The van der Waals surface area contributed by atoms with E-state index in [0.717, 1.165) is 17.2 Å². The largest absolute Gasteiger partial charge is 0.419 e. The van der Waals surface area contributed by atoms with Crippen LogP contribution >= 0.6 is 11.6 Å². The summed E-state index contributed by atoms with van der Waals surface area (Å²) in [4.78, 5) is 29.3. The molecule has 0 aliphatic carbocycles. The number of alkyl halides is 3. The number of hydrogen-bond donors (Lipinski definition) is 3. The number of piperazine rings is 1. The Bertz CT molecular complexity index is 709. The van der Waals surface area contributed by atoms with Crippen LogP contribution in [0.3, 0.4) is 0 Å². The molecule has 28 heavy (non-hydrogen) atoms. The second kappa shape index (κ2) is 9.42. The Labute approximate surface area is 166 Å². The van der Waals surface area contributed by atoms with Crippen LogP contribution in [0.25, 0.3) is 0 Å². The molecule has 0 saturated carbocycles. The van der Waals surface area contributed by atoms with E-state index in [-0.39, 0.29) is 23.4 Å². The van der Waals surface area contributed by atoms with E-state index in [1.807, 2.05) is 4.90 Å². The van der Waals surface area contributed by atoms with Gasteiger partial charge < -0.3 is 15.5 Å². The van der Waals surface area contributed by atoms with Gasteiger partial charge in [0.25, 0.3) is 11.7 Å². The lowest BCUT2D eigenvalue weighted by Crippen LogP contribution is -3.16. The zero-order valence-corrected chi connectivity index (χ0v) is 16.5. The highest BCUT2D eigenvalue weighted by molar-refractivity contribution is 6.32. The standard InChI is InChI=1S/C17H23ClF3N5O2/c1-3-22-16(28)11(2)24-14(27)10-25-4-6-26(7-5-25)15-13(18)8-12(9-23-15)17(19,20)21/h8-9,11H,3-7,10H2,1-2H3,(H,22,28)(H,24,27)/p+2/t11-/m1/s1. The molecule has 1 aromatic heterocycles. The number of hydrogen-bond acceptors (Lipinski definition) is 3. The quantitative estimate of drug-likeness (QED) is 0.578. The van der Waals surface area contributed by atoms with Crippen molar-refractivity contribution in [2.24, 2.45) is 0 Å². The van der Waals surface area contributed by atoms with Crippen LogP contribution < -0.4 is 25.4 Å². The lowest BCUT2D eigenvalue weighted by molar-refractivity contribution is -0.892. The molecule has 4 N–H and O–H groups in total. The molecule has 0 radical (unpaired) electrons. The van der Waals surface area contributed by atoms with E-state index in [1.165, 1.54) is 0 Å². The van der Waals surface area contributed by atoms with Gasteiger partial charge in [0.05, 0.1) is 5.56 Å². The zero-order chi connectivity index (χ0) is 20.9. The van der Waals surface area contributed by atoms with Gasteiger partial charge in [-0.25, -0.2) is 9.88 Å². The molecule has 2 rings (SSSR count). The number of aromatic nitrogens is 1. The molecule has 1 aromatic rings. The van der Waals surface area contributed by atoms with Crippen LogP contribution in [0.1, 0.15) is 19.4 Å². The summed E-state index contributed by atoms with van der Waals surface area (Å²) in [5.74, 6) is -0.0208. The Morgan fingerprint density at radius 1 is 1.36 bits per heavy atom. The lowest BCUT2D eigenvalue weighted by Gasteiger charge is -2.28. The summed E-state index contributed by atoms with van der Waals surface area (Å²) < 4.78 is 38.2. The fourth-order valence-electron chi connectivity index (χ4n) is 3.00. The van der Waals surface area contributed by atoms with Crippen LogP contribution in [-0.2, 0) is 15.8 Å². The summed E-state index contributed by atoms with van der Waals surface area (Å²) in [7, 11) is 0. The van der Waals surface area contributed by atoms with Crippen LogP contribution in [0.2, 0.25) is 5.02 Å². The maximum atomic E-state index is 12.7. The van der Waals surface area contributed by atoms with Crippen molar-refractivity contribution in [3.63, 3.8) is 0 Å². The number of rotatable bonds is 6. The van der Waals surface area contributed by atoms with Crippen molar-refractivity contribution in [3.05, 3.63) is 22.8 Å². The van der Waals surface area contributed by atoms with Gasteiger partial charge >= 0.3 is 6.18 Å². The van der Waals surface area contributed by atoms with Gasteiger partial charge in [0, 0.05) is 6.54 Å². The number of likely N-dealkylation sites (N-methyl/N-ethyl adjacent to an activating group) is 1. The molecule has 1 aliphatic rings. The minimum atomic E-state index is -4.46. The third-order valence-corrected chi connectivity index (χ3v) is 4.81. The van der Waals surface area contributed by atoms with Crippen molar-refractivity contribution in [3.8, 4) is 0 Å². The molecule has 2 heterocycles. The topological polar surface area (TPSA) is 80.0 Å². The van der Waals surface area contributed by atoms with E-state index in [2.05, 4.69) is 15.6 Å². The number of quaternary nitrogens is 1. The number of carbonyl (C=O) groups excluding carboxylic acids is 2. The number of anilines is 1. The smallest absolute Gasteiger partial charge is 0.355 e. The van der Waals surface area contributed by atoms with Gasteiger partial charge in [-0.2, -0.15) is 13.2 Å². The van der Waals surface area contributed by atoms with Gasteiger partial charge in [0.1, 0.15) is 43.4 Å². The van der Waals surface area contributed by atoms with Crippen LogP contribution in [0, 0.1) is 0 Å². The van der Waals surface area contributed by atoms with Gasteiger partial charge in [-0.3, -0.25) is 9.59 Å². The maximum Gasteiger partial charge on any atom is 0.419 e. The summed E-state index contributed by atoms with van der Waals surface area (Å²) in [6, 6.07) is 0.302. The first-order chi connectivity index (χ1) is 13.1. The second-order valence-electron chi connectivity index (χ2n) is 6.68. The monoisotopic (exact) mass is 423 g/mol. The van der Waals surface area contributed by atoms with Gasteiger partial charge in [0.15, 0.2) is 6.54 Å². The van der Waals surface area contributed by atoms with Crippen LogP contribution in [0.5, 0.6) is 0 Å². The molecule has 7 nitrogen and oxygen atoms in total. The first kappa shape index (κ1) is 22.2. The number of pyridine rings is 1. The molecular weight excluding hydrogens is 399 g/mol. The van der Waals surface area contributed by atoms with Gasteiger partial charge in [-0.05, 0) is 19.9 Å². The summed E-state index contributed by atoms with van der Waals surface area (Å²) in [5.41, 5.74) is -0.830. The average molecular weight is 424 g/mol. The number of carbonyl (C=O) groups is 2. The SMILES string of the molecule is CCNC(=O)[C@@H](C)NC(=O)C[NH+]1CCN(c2[nH+]cc(C(F)(F)F)cc2Cl)CC1. The number of H-pyrrole nitrogens is 1. The number of amides is 2. The Hall–Kier alpha value is -2.07. The predicted octanol–water partition coefficient (Wildman–Crippen LogP) is -0.481. The molecule has 156 valence electrons. The molecule has 0 aromatic carbocycles. The molecule has 0 spiro atoms. The third-order valence-electron chi connectivity index (χ3n) is 4.52. The summed E-state index contributed by atoms with van der Waals surface area (Å²) in [6.45, 7) is 6.46. The minimum Gasteiger partial charge on any atom is -0.355 e. The molecule has 1 saturated heterocycles. The highest BCUT2D eigenvalue weighted by Gasteiger charge is 2.35. The van der Waals surface area contributed by atoms with Crippen LogP contribution in [0.4, 0.5) is 19.0 Å². The maximum absolute atomic E-state index is 12.7. The Morgan fingerprint density at radius 2 is 2.00 bits per heavy atom. The average Bonchev–Trinajstić information content (AvgIpc) is 2.61. The Balaban J connectivity index is 1.86. The van der Waals surface area contributed by atoms with Crippen LogP contribution in [-0.4, -0.2) is 57.1 Å². The molecule has 11 heteroatoms. The Morgan fingerprint density at radius 3 is 2.54 bits per heavy atom. The van der Waals surface area contributed by atoms with E-state index < -0.39 is 17.8 Å². The second-order valence-corrected chi connectivity index (χ2v) is 7.09. The zero-order valence-electron chi connectivity index (χ0n) is 15.8. The van der Waals surface area contributed by atoms with Gasteiger partial charge in [-0.15, -0.1) is 0 Å². The van der Waals surface area contributed by atoms with E-state index in [4.69, 9.17) is 11.6 Å². The van der Waals surface area contributed by atoms with Gasteiger partial charge in [0.2, 0.25) is 5.91 Å². The fraction of sp³-hybridized carbons (Fsp3) is 0.588. The number of aromatic amines is 1. The molecule has 1 atom stereocenters. The van der Waals surface area contributed by atoms with E-state index in [1.54, 1.807) is 13.8 Å². The third kappa shape index (κ3) is 5.96. The van der Waals surface area contributed by atoms with Crippen molar-refractivity contribution >= 4 is 29.2 Å². The molecular formula is C17H25ClF3N5O2+2. The molecule has 1 fully saturated rings. The molecule has 2 amide bonds. The van der Waals surface area contributed by atoms with E-state index >= 15 is 0 Å². The van der Waals surface area contributed by atoms with Crippen molar-refractivity contribution in [2.45, 2.75) is 26.1 Å². The van der Waals surface area contributed by atoms with Crippen molar-refractivity contribution in [1.82, 2.24) is 10.6 Å². The van der Waals surface area contributed by atoms with Crippen molar-refractivity contribution in [1.29, 1.82) is 0 Å². The first-order valence-corrected chi connectivity index (χ1v) is 9.43. The lowest BCUT2D eigenvalue weighted by atomic mass is 10.2. The van der Waals surface area contributed by atoms with Gasteiger partial charge in [-0.1, -0.05) is 11.6 Å².